The van der Waals surface area contributed by atoms with Crippen molar-refractivity contribution >= 4 is 5.91 Å². The monoisotopic (exact) mass is 472 g/mol. The number of ether oxygens (including phenoxy) is 1. The van der Waals surface area contributed by atoms with Crippen LogP contribution in [0.2, 0.25) is 0 Å². The molecule has 2 atom stereocenters. The summed E-state index contributed by atoms with van der Waals surface area (Å²) in [6.45, 7) is 13.4. The molecule has 0 aliphatic carbocycles. The second kappa shape index (κ2) is 12.6. The number of amides is 1. The lowest BCUT2D eigenvalue weighted by molar-refractivity contribution is -0.123. The zero-order valence-corrected chi connectivity index (χ0v) is 21.5. The number of carbonyl (C=O) groups is 1. The van der Waals surface area contributed by atoms with Gasteiger partial charge in [0, 0.05) is 19.5 Å². The molecule has 186 valence electrons. The first-order valence-corrected chi connectivity index (χ1v) is 12.9. The van der Waals surface area contributed by atoms with Gasteiger partial charge in [0.1, 0.15) is 11.2 Å². The number of likely N-dealkylation sites (tertiary alicyclic amines) is 1. The first kappa shape index (κ1) is 26.5. The Morgan fingerprint density at radius 3 is 2.69 bits per heavy atom. The van der Waals surface area contributed by atoms with Crippen molar-refractivity contribution in [1.29, 1.82) is 0 Å². The fraction of sp³-hybridized carbons (Fsp3) is 0.387. The topological polar surface area (TPSA) is 55.6 Å². The van der Waals surface area contributed by atoms with Crippen LogP contribution in [0.3, 0.4) is 0 Å². The van der Waals surface area contributed by atoms with Crippen molar-refractivity contribution in [3.8, 4) is 5.75 Å². The number of carbonyl (C=O) groups excluding carboxylic acids is 1. The van der Waals surface area contributed by atoms with Crippen LogP contribution in [0.4, 0.5) is 0 Å². The minimum Gasteiger partial charge on any atom is -0.493 e. The van der Waals surface area contributed by atoms with Crippen LogP contribution in [0.1, 0.15) is 43.9 Å². The number of fused-ring (bicyclic) bond motifs is 1. The van der Waals surface area contributed by atoms with Crippen LogP contribution in [0.15, 0.2) is 85.0 Å². The second-order valence-corrected chi connectivity index (χ2v) is 8.97. The molecule has 2 unspecified atom stereocenters. The molecular formula is C31H40N2O2. The van der Waals surface area contributed by atoms with Crippen molar-refractivity contribution in [2.75, 3.05) is 26.2 Å². The quantitative estimate of drug-likeness (QED) is 0.482. The van der Waals surface area contributed by atoms with Gasteiger partial charge < -0.3 is 15.4 Å². The lowest BCUT2D eigenvalue weighted by atomic mass is 9.64. The van der Waals surface area contributed by atoms with E-state index >= 15 is 0 Å². The lowest BCUT2D eigenvalue weighted by Gasteiger charge is -2.38. The summed E-state index contributed by atoms with van der Waals surface area (Å²) in [6, 6.07) is 16.6. The molecular weight excluding hydrogens is 432 g/mol. The molecule has 1 fully saturated rings. The SMILES string of the molecule is C=C/C=C(\C=C/C)C(C(N)=O)(c1ccccc1)C1CCN(CCc2ccc3c(c2)CCO3)C1.CC. The van der Waals surface area contributed by atoms with Gasteiger partial charge in [0.2, 0.25) is 5.91 Å². The summed E-state index contributed by atoms with van der Waals surface area (Å²) in [5.41, 5.74) is 9.86. The van der Waals surface area contributed by atoms with E-state index in [1.165, 1.54) is 11.1 Å². The summed E-state index contributed by atoms with van der Waals surface area (Å²) in [5.74, 6) is 0.818. The van der Waals surface area contributed by atoms with E-state index in [2.05, 4.69) is 29.7 Å². The number of nitrogens with two attached hydrogens (primary N) is 1. The van der Waals surface area contributed by atoms with Crippen LogP contribution in [0.25, 0.3) is 0 Å². The molecule has 35 heavy (non-hydrogen) atoms. The Hall–Kier alpha value is -3.11. The van der Waals surface area contributed by atoms with Gasteiger partial charge in [-0.2, -0.15) is 0 Å². The summed E-state index contributed by atoms with van der Waals surface area (Å²) in [4.78, 5) is 15.7. The van der Waals surface area contributed by atoms with Crippen LogP contribution < -0.4 is 10.5 Å². The highest BCUT2D eigenvalue weighted by Crippen LogP contribution is 2.44. The predicted octanol–water partition coefficient (Wildman–Crippen LogP) is 5.62. The van der Waals surface area contributed by atoms with E-state index in [9.17, 15) is 4.79 Å². The number of rotatable bonds is 9. The third-order valence-corrected chi connectivity index (χ3v) is 7.07. The number of hydrogen-bond donors (Lipinski definition) is 1. The Labute approximate surface area is 211 Å². The molecule has 0 bridgehead atoms. The van der Waals surface area contributed by atoms with E-state index in [0.29, 0.717) is 0 Å². The number of benzene rings is 2. The van der Waals surface area contributed by atoms with Gasteiger partial charge in [0.15, 0.2) is 0 Å². The number of hydrogen-bond acceptors (Lipinski definition) is 3. The molecule has 0 saturated carbocycles. The fourth-order valence-corrected chi connectivity index (χ4v) is 5.52. The highest BCUT2D eigenvalue weighted by atomic mass is 16.5. The van der Waals surface area contributed by atoms with Crippen LogP contribution in [0.5, 0.6) is 5.75 Å². The highest BCUT2D eigenvalue weighted by Gasteiger charge is 2.50. The molecule has 2 aromatic carbocycles. The molecule has 4 nitrogen and oxygen atoms in total. The summed E-state index contributed by atoms with van der Waals surface area (Å²) in [6.07, 6.45) is 10.6. The molecule has 0 aromatic heterocycles. The molecule has 2 N–H and O–H groups in total. The Balaban J connectivity index is 0.00000167. The summed E-state index contributed by atoms with van der Waals surface area (Å²) in [7, 11) is 0. The normalized spacial score (nSPS) is 19.4. The molecule has 2 aliphatic rings. The third-order valence-electron chi connectivity index (χ3n) is 7.07. The maximum atomic E-state index is 13.3. The third kappa shape index (κ3) is 5.59. The van der Waals surface area contributed by atoms with Gasteiger partial charge >= 0.3 is 0 Å². The predicted molar refractivity (Wildman–Crippen MR) is 146 cm³/mol. The van der Waals surface area contributed by atoms with Crippen molar-refractivity contribution in [3.05, 3.63) is 102 Å². The van der Waals surface area contributed by atoms with Crippen molar-refractivity contribution < 1.29 is 9.53 Å². The molecule has 2 heterocycles. The lowest BCUT2D eigenvalue weighted by Crippen LogP contribution is -2.49. The Bertz CT molecular complexity index is 1060. The van der Waals surface area contributed by atoms with Gasteiger partial charge in [-0.1, -0.05) is 87.2 Å². The molecule has 0 spiro atoms. The van der Waals surface area contributed by atoms with Crippen molar-refractivity contribution in [3.63, 3.8) is 0 Å². The van der Waals surface area contributed by atoms with Gasteiger partial charge in [-0.05, 0) is 60.6 Å². The maximum Gasteiger partial charge on any atom is 0.232 e. The zero-order chi connectivity index (χ0) is 25.3. The fourth-order valence-electron chi connectivity index (χ4n) is 5.52. The van der Waals surface area contributed by atoms with Gasteiger partial charge in [-0.25, -0.2) is 0 Å². The van der Waals surface area contributed by atoms with Crippen molar-refractivity contribution in [2.45, 2.75) is 45.4 Å². The zero-order valence-electron chi connectivity index (χ0n) is 21.5. The van der Waals surface area contributed by atoms with Gasteiger partial charge in [-0.15, -0.1) is 0 Å². The van der Waals surface area contributed by atoms with E-state index < -0.39 is 5.41 Å². The largest absolute Gasteiger partial charge is 0.493 e. The van der Waals surface area contributed by atoms with Crippen molar-refractivity contribution in [1.82, 2.24) is 4.90 Å². The Kier molecular flexibility index (Phi) is 9.50. The Morgan fingerprint density at radius 1 is 1.23 bits per heavy atom. The smallest absolute Gasteiger partial charge is 0.232 e. The minimum atomic E-state index is -0.887. The first-order chi connectivity index (χ1) is 17.1. The average molecular weight is 473 g/mol. The van der Waals surface area contributed by atoms with E-state index in [1.54, 1.807) is 6.08 Å². The van der Waals surface area contributed by atoms with Crippen LogP contribution in [-0.4, -0.2) is 37.0 Å². The van der Waals surface area contributed by atoms with Gasteiger partial charge in [0.05, 0.1) is 6.61 Å². The molecule has 1 amide bonds. The number of primary amides is 1. The van der Waals surface area contributed by atoms with Crippen LogP contribution in [-0.2, 0) is 23.1 Å². The highest BCUT2D eigenvalue weighted by molar-refractivity contribution is 5.92. The first-order valence-electron chi connectivity index (χ1n) is 12.9. The number of nitrogens with zero attached hydrogens (tertiary/aromatic N) is 1. The van der Waals surface area contributed by atoms with Crippen molar-refractivity contribution in [2.24, 2.45) is 11.7 Å². The standard InChI is InChI=1S/C29H34N2O2.C2H6/c1-3-8-24(9-4-2)29(28(30)32,25-10-6-5-7-11-25)26-15-18-31(21-26)17-14-22-12-13-27-23(20-22)16-19-33-27;1-2/h3-13,20,26H,1,14-19,21H2,2H3,(H2,30,32);1-2H3/b9-4-,24-8+;. The van der Waals surface area contributed by atoms with Crippen LogP contribution in [0, 0.1) is 5.92 Å². The summed E-state index contributed by atoms with van der Waals surface area (Å²) in [5, 5.41) is 0. The Morgan fingerprint density at radius 2 is 2.00 bits per heavy atom. The summed E-state index contributed by atoms with van der Waals surface area (Å²) >= 11 is 0. The maximum absolute atomic E-state index is 13.3. The molecule has 1 saturated heterocycles. The van der Waals surface area contributed by atoms with Gasteiger partial charge in [0.25, 0.3) is 0 Å². The van der Waals surface area contributed by atoms with E-state index in [4.69, 9.17) is 10.5 Å². The van der Waals surface area contributed by atoms with Gasteiger partial charge in [-0.3, -0.25) is 4.79 Å². The second-order valence-electron chi connectivity index (χ2n) is 8.97. The molecule has 4 rings (SSSR count). The number of allylic oxidation sites excluding steroid dienone is 4. The van der Waals surface area contributed by atoms with Crippen LogP contribution >= 0.6 is 0 Å². The molecule has 0 radical (unpaired) electrons. The average Bonchev–Trinajstić information content (AvgIpc) is 3.55. The molecule has 2 aromatic rings. The molecule has 2 aliphatic heterocycles. The summed E-state index contributed by atoms with van der Waals surface area (Å²) < 4.78 is 5.64. The van der Waals surface area contributed by atoms with E-state index in [0.717, 1.165) is 62.4 Å². The van der Waals surface area contributed by atoms with E-state index in [1.807, 2.05) is 69.3 Å². The molecule has 4 heteroatoms. The minimum absolute atomic E-state index is 0.0909. The van der Waals surface area contributed by atoms with E-state index in [-0.39, 0.29) is 11.8 Å².